The van der Waals surface area contributed by atoms with Gasteiger partial charge in [0.15, 0.2) is 0 Å². The largest absolute Gasteiger partial charge is 0.337 e. The number of hydrogen-bond donors (Lipinski definition) is 1. The van der Waals surface area contributed by atoms with Crippen LogP contribution in [0.15, 0.2) is 48.5 Å². The smallest absolute Gasteiger partial charge is 0.321 e. The zero-order valence-corrected chi connectivity index (χ0v) is 20.3. The minimum Gasteiger partial charge on any atom is -0.337 e. The van der Waals surface area contributed by atoms with Gasteiger partial charge in [0.1, 0.15) is 0 Å². The van der Waals surface area contributed by atoms with Gasteiger partial charge in [-0.25, -0.2) is 4.79 Å². The van der Waals surface area contributed by atoms with E-state index in [0.29, 0.717) is 36.3 Å². The van der Waals surface area contributed by atoms with Crippen LogP contribution in [0.3, 0.4) is 0 Å². The average molecular weight is 481 g/mol. The molecule has 2 fully saturated rings. The highest BCUT2D eigenvalue weighted by Crippen LogP contribution is 2.33. The van der Waals surface area contributed by atoms with E-state index in [9.17, 15) is 9.59 Å². The number of anilines is 1. The van der Waals surface area contributed by atoms with Crippen LogP contribution in [0.4, 0.5) is 10.5 Å². The molecule has 5 rings (SSSR count). The molecule has 2 aromatic rings. The molecule has 1 aliphatic carbocycles. The Morgan fingerprint density at radius 1 is 0.882 bits per heavy atom. The Morgan fingerprint density at radius 2 is 1.62 bits per heavy atom. The summed E-state index contributed by atoms with van der Waals surface area (Å²) in [4.78, 5) is 32.9. The van der Waals surface area contributed by atoms with E-state index in [4.69, 9.17) is 11.6 Å². The number of rotatable bonds is 4. The molecule has 1 saturated carbocycles. The Kier molecular flexibility index (Phi) is 7.07. The second-order valence-electron chi connectivity index (χ2n) is 9.73. The first-order valence-corrected chi connectivity index (χ1v) is 12.9. The molecule has 2 aromatic carbocycles. The number of carbonyl (C=O) groups is 2. The van der Waals surface area contributed by atoms with Crippen molar-refractivity contribution in [3.63, 3.8) is 0 Å². The minimum absolute atomic E-state index is 0.0779. The number of halogens is 1. The number of amides is 3. The number of hydrogen-bond acceptors (Lipinski definition) is 3. The van der Waals surface area contributed by atoms with E-state index < -0.39 is 0 Å². The van der Waals surface area contributed by atoms with Gasteiger partial charge in [-0.15, -0.1) is 0 Å². The maximum atomic E-state index is 13.9. The normalized spacial score (nSPS) is 20.1. The van der Waals surface area contributed by atoms with Crippen molar-refractivity contribution in [1.29, 1.82) is 0 Å². The van der Waals surface area contributed by atoms with E-state index in [0.717, 1.165) is 38.9 Å². The molecular weight excluding hydrogens is 448 g/mol. The fourth-order valence-electron chi connectivity index (χ4n) is 5.77. The fraction of sp³-hybridized carbons (Fsp3) is 0.481. The molecular formula is C27H33ClN4O2. The molecule has 7 heteroatoms. The molecule has 0 radical (unpaired) electrons. The van der Waals surface area contributed by atoms with Crippen LogP contribution >= 0.6 is 11.6 Å². The number of nitrogens with zero attached hydrogens (tertiary/aromatic N) is 3. The Balaban J connectivity index is 1.24. The predicted molar refractivity (Wildman–Crippen MR) is 135 cm³/mol. The Labute approximate surface area is 206 Å². The van der Waals surface area contributed by atoms with Crippen LogP contribution in [0.5, 0.6) is 0 Å². The zero-order valence-electron chi connectivity index (χ0n) is 19.6. The van der Waals surface area contributed by atoms with E-state index in [2.05, 4.69) is 39.4 Å². The number of carbonyl (C=O) groups excluding carboxylic acids is 2. The SMILES string of the molecule is O=C(Nc1cccc(Cl)c1)N1CCN(C(C(=O)N2CCc3ccccc3C2)C2CCCC2)CC1. The number of urea groups is 1. The molecule has 1 atom stereocenters. The second-order valence-corrected chi connectivity index (χ2v) is 10.2. The summed E-state index contributed by atoms with van der Waals surface area (Å²) in [5.41, 5.74) is 3.34. The summed E-state index contributed by atoms with van der Waals surface area (Å²) < 4.78 is 0. The van der Waals surface area contributed by atoms with Gasteiger partial charge in [0.05, 0.1) is 6.04 Å². The number of nitrogens with one attached hydrogen (secondary N) is 1. The van der Waals surface area contributed by atoms with Crippen LogP contribution in [0.1, 0.15) is 36.8 Å². The first-order chi connectivity index (χ1) is 16.6. The molecule has 34 heavy (non-hydrogen) atoms. The summed E-state index contributed by atoms with van der Waals surface area (Å²) in [6.45, 7) is 4.18. The summed E-state index contributed by atoms with van der Waals surface area (Å²) in [7, 11) is 0. The first-order valence-electron chi connectivity index (χ1n) is 12.5. The van der Waals surface area contributed by atoms with Crippen molar-refractivity contribution in [2.75, 3.05) is 38.0 Å². The molecule has 0 bridgehead atoms. The Hall–Kier alpha value is -2.57. The summed E-state index contributed by atoms with van der Waals surface area (Å²) in [6.07, 6.45) is 5.59. The molecule has 180 valence electrons. The quantitative estimate of drug-likeness (QED) is 0.694. The van der Waals surface area contributed by atoms with Crippen LogP contribution in [0.2, 0.25) is 5.02 Å². The lowest BCUT2D eigenvalue weighted by Gasteiger charge is -2.43. The molecule has 3 aliphatic rings. The molecule has 3 amide bonds. The van der Waals surface area contributed by atoms with E-state index in [-0.39, 0.29) is 18.0 Å². The lowest BCUT2D eigenvalue weighted by molar-refractivity contribution is -0.141. The third-order valence-electron chi connectivity index (χ3n) is 7.61. The zero-order chi connectivity index (χ0) is 23.5. The maximum absolute atomic E-state index is 13.9. The van der Waals surface area contributed by atoms with Crippen molar-refractivity contribution in [2.45, 2.75) is 44.7 Å². The maximum Gasteiger partial charge on any atom is 0.321 e. The van der Waals surface area contributed by atoms with Crippen LogP contribution in [0.25, 0.3) is 0 Å². The van der Waals surface area contributed by atoms with Crippen molar-refractivity contribution in [3.8, 4) is 0 Å². The highest BCUT2D eigenvalue weighted by atomic mass is 35.5. The third-order valence-corrected chi connectivity index (χ3v) is 7.85. The summed E-state index contributed by atoms with van der Waals surface area (Å²) >= 11 is 6.04. The monoisotopic (exact) mass is 480 g/mol. The van der Waals surface area contributed by atoms with Gasteiger partial charge >= 0.3 is 6.03 Å². The number of piperazine rings is 1. The van der Waals surface area contributed by atoms with Gasteiger partial charge < -0.3 is 15.1 Å². The van der Waals surface area contributed by atoms with E-state index in [1.807, 2.05) is 17.0 Å². The predicted octanol–water partition coefficient (Wildman–Crippen LogP) is 4.63. The van der Waals surface area contributed by atoms with E-state index >= 15 is 0 Å². The average Bonchev–Trinajstić information content (AvgIpc) is 3.38. The van der Waals surface area contributed by atoms with Crippen molar-refractivity contribution >= 4 is 29.2 Å². The Morgan fingerprint density at radius 3 is 2.35 bits per heavy atom. The summed E-state index contributed by atoms with van der Waals surface area (Å²) in [5, 5.41) is 3.54. The van der Waals surface area contributed by atoms with E-state index in [1.165, 1.54) is 24.0 Å². The molecule has 2 heterocycles. The highest BCUT2D eigenvalue weighted by Gasteiger charge is 2.39. The molecule has 6 nitrogen and oxygen atoms in total. The van der Waals surface area contributed by atoms with Gasteiger partial charge in [0, 0.05) is 50.0 Å². The van der Waals surface area contributed by atoms with Crippen LogP contribution < -0.4 is 5.32 Å². The van der Waals surface area contributed by atoms with Crippen LogP contribution in [-0.2, 0) is 17.8 Å². The first kappa shape index (κ1) is 23.2. The third kappa shape index (κ3) is 5.08. The Bertz CT molecular complexity index is 1030. The van der Waals surface area contributed by atoms with Gasteiger partial charge in [-0.1, -0.05) is 54.8 Å². The minimum atomic E-state index is -0.113. The molecule has 1 unspecified atom stereocenters. The van der Waals surface area contributed by atoms with Gasteiger partial charge in [-0.2, -0.15) is 0 Å². The molecule has 0 spiro atoms. The van der Waals surface area contributed by atoms with Crippen LogP contribution in [0, 0.1) is 5.92 Å². The van der Waals surface area contributed by atoms with Crippen molar-refractivity contribution in [1.82, 2.24) is 14.7 Å². The lowest BCUT2D eigenvalue weighted by atomic mass is 9.92. The number of fused-ring (bicyclic) bond motifs is 1. The molecule has 0 aromatic heterocycles. The van der Waals surface area contributed by atoms with Gasteiger partial charge in [-0.3, -0.25) is 9.69 Å². The van der Waals surface area contributed by atoms with Crippen molar-refractivity contribution in [2.24, 2.45) is 5.92 Å². The fourth-order valence-corrected chi connectivity index (χ4v) is 5.96. The standard InChI is InChI=1S/C27H33ClN4O2/c28-23-10-5-11-24(18-23)29-27(34)31-16-14-30(15-17-31)25(21-7-2-3-8-21)26(33)32-13-12-20-6-1-4-9-22(20)19-32/h1,4-6,9-11,18,21,25H,2-3,7-8,12-17,19H2,(H,29,34). The molecule has 1 N–H and O–H groups in total. The van der Waals surface area contributed by atoms with Gasteiger partial charge in [0.25, 0.3) is 0 Å². The summed E-state index contributed by atoms with van der Waals surface area (Å²) in [5.74, 6) is 0.690. The van der Waals surface area contributed by atoms with Crippen molar-refractivity contribution < 1.29 is 9.59 Å². The van der Waals surface area contributed by atoms with Crippen LogP contribution in [-0.4, -0.2) is 65.4 Å². The highest BCUT2D eigenvalue weighted by molar-refractivity contribution is 6.30. The van der Waals surface area contributed by atoms with Gasteiger partial charge in [-0.05, 0) is 54.5 Å². The van der Waals surface area contributed by atoms with Gasteiger partial charge in [0.2, 0.25) is 5.91 Å². The summed E-state index contributed by atoms with van der Waals surface area (Å²) in [6, 6.07) is 15.5. The van der Waals surface area contributed by atoms with Crippen molar-refractivity contribution in [3.05, 3.63) is 64.7 Å². The lowest BCUT2D eigenvalue weighted by Crippen LogP contribution is -2.59. The molecule has 2 aliphatic heterocycles. The topological polar surface area (TPSA) is 55.9 Å². The van der Waals surface area contributed by atoms with E-state index in [1.54, 1.807) is 12.1 Å². The molecule has 1 saturated heterocycles. The number of benzene rings is 2. The second kappa shape index (κ2) is 10.4.